The van der Waals surface area contributed by atoms with Gasteiger partial charge in [0.2, 0.25) is 0 Å². The summed E-state index contributed by atoms with van der Waals surface area (Å²) in [5.74, 6) is 3.10. The van der Waals surface area contributed by atoms with E-state index in [-0.39, 0.29) is 16.8 Å². The van der Waals surface area contributed by atoms with Gasteiger partial charge in [-0.05, 0) is 48.5 Å². The smallest absolute Gasteiger partial charge is 0.223 e. The molecule has 10 nitrogen and oxygen atoms in total. The summed E-state index contributed by atoms with van der Waals surface area (Å²) in [6.07, 6.45) is 14.3. The van der Waals surface area contributed by atoms with E-state index in [9.17, 15) is 0 Å². The van der Waals surface area contributed by atoms with E-state index in [1.807, 2.05) is 85.5 Å². The molecule has 6 aromatic rings. The van der Waals surface area contributed by atoms with Crippen molar-refractivity contribution in [2.75, 3.05) is 0 Å². The third-order valence-electron chi connectivity index (χ3n) is 4.40. The summed E-state index contributed by atoms with van der Waals surface area (Å²) in [5.41, 5.74) is 0. The summed E-state index contributed by atoms with van der Waals surface area (Å²) in [6.45, 7) is 0. The van der Waals surface area contributed by atoms with Crippen LogP contribution in [-0.4, -0.2) is 49.1 Å². The Balaban J connectivity index is 0.000000152. The first-order valence-corrected chi connectivity index (χ1v) is 9.81. The van der Waals surface area contributed by atoms with Crippen molar-refractivity contribution in [1.29, 1.82) is 0 Å². The zero-order chi connectivity index (χ0) is 21.6. The molecular formula is C22H18CoN10+2. The van der Waals surface area contributed by atoms with Crippen molar-refractivity contribution in [2.45, 2.75) is 0 Å². The van der Waals surface area contributed by atoms with E-state index >= 15 is 0 Å². The van der Waals surface area contributed by atoms with Crippen LogP contribution in [0, 0.1) is 0 Å². The topological polar surface area (TPSA) is 97.1 Å². The van der Waals surface area contributed by atoms with Crippen LogP contribution in [0.5, 0.6) is 0 Å². The predicted molar refractivity (Wildman–Crippen MR) is 117 cm³/mol. The average Bonchev–Trinajstić information content (AvgIpc) is 3.68. The van der Waals surface area contributed by atoms with Gasteiger partial charge in [-0.25, -0.2) is 28.7 Å². The fraction of sp³-hybridized carbons (Fsp3) is 0. The van der Waals surface area contributed by atoms with Crippen LogP contribution in [0.2, 0.25) is 0 Å². The fourth-order valence-electron chi connectivity index (χ4n) is 2.95. The zero-order valence-electron chi connectivity index (χ0n) is 17.2. The molecular weight excluding hydrogens is 463 g/mol. The molecule has 6 aromatic heterocycles. The molecule has 0 fully saturated rings. The van der Waals surface area contributed by atoms with Crippen molar-refractivity contribution in [2.24, 2.45) is 0 Å². The first-order valence-electron chi connectivity index (χ1n) is 9.81. The van der Waals surface area contributed by atoms with Crippen molar-refractivity contribution < 1.29 is 16.8 Å². The van der Waals surface area contributed by atoms with Crippen LogP contribution in [0.1, 0.15) is 0 Å². The molecule has 0 amide bonds. The molecule has 0 aliphatic rings. The van der Waals surface area contributed by atoms with Crippen LogP contribution in [0.25, 0.3) is 23.3 Å². The molecule has 0 aliphatic carbocycles. The van der Waals surface area contributed by atoms with E-state index in [0.29, 0.717) is 0 Å². The molecule has 0 aliphatic heterocycles. The molecule has 163 valence electrons. The number of pyridine rings is 2. The molecule has 0 bridgehead atoms. The Morgan fingerprint density at radius 2 is 0.667 bits per heavy atom. The third kappa shape index (κ3) is 5.11. The maximum atomic E-state index is 4.46. The Hall–Kier alpha value is -4.35. The quantitative estimate of drug-likeness (QED) is 0.384. The fourth-order valence-corrected chi connectivity index (χ4v) is 2.95. The van der Waals surface area contributed by atoms with E-state index in [0.717, 1.165) is 23.3 Å². The van der Waals surface area contributed by atoms with Crippen molar-refractivity contribution in [1.82, 2.24) is 49.1 Å². The number of hydrogen-bond donors (Lipinski definition) is 0. The molecule has 0 N–H and O–H groups in total. The second-order valence-electron chi connectivity index (χ2n) is 6.51. The first kappa shape index (κ1) is 21.9. The first-order chi connectivity index (χ1) is 15.9. The average molecular weight is 481 g/mol. The van der Waals surface area contributed by atoms with Crippen LogP contribution < -0.4 is 0 Å². The second-order valence-corrected chi connectivity index (χ2v) is 6.51. The van der Waals surface area contributed by atoms with Crippen LogP contribution in [0.4, 0.5) is 0 Å². The van der Waals surface area contributed by atoms with Gasteiger partial charge in [-0.15, -0.1) is 0 Å². The van der Waals surface area contributed by atoms with Gasteiger partial charge in [-0.3, -0.25) is 0 Å². The van der Waals surface area contributed by atoms with E-state index in [4.69, 9.17) is 0 Å². The summed E-state index contributed by atoms with van der Waals surface area (Å²) < 4.78 is 6.86. The molecule has 0 unspecified atom stereocenters. The maximum absolute atomic E-state index is 4.46. The molecule has 0 saturated carbocycles. The predicted octanol–water partition coefficient (Wildman–Crippen LogP) is 2.90. The Labute approximate surface area is 199 Å². The SMILES string of the molecule is [Co+2].c1cc(-n2cccn2)nc(-n2cccn2)c1.c1cc(-n2cccn2)nc(-n2cccn2)c1. The van der Waals surface area contributed by atoms with E-state index < -0.39 is 0 Å². The number of rotatable bonds is 4. The zero-order valence-corrected chi connectivity index (χ0v) is 18.2. The summed E-state index contributed by atoms with van der Waals surface area (Å²) in [6, 6.07) is 18.9. The molecule has 11 heteroatoms. The van der Waals surface area contributed by atoms with Gasteiger partial charge in [-0.2, -0.15) is 20.4 Å². The molecule has 6 rings (SSSR count). The molecule has 33 heavy (non-hydrogen) atoms. The minimum absolute atomic E-state index is 0. The molecule has 0 aromatic carbocycles. The van der Waals surface area contributed by atoms with Crippen molar-refractivity contribution >= 4 is 0 Å². The second kappa shape index (κ2) is 10.3. The van der Waals surface area contributed by atoms with Gasteiger partial charge in [0.15, 0.2) is 23.3 Å². The van der Waals surface area contributed by atoms with Crippen molar-refractivity contribution in [3.05, 3.63) is 110 Å². The van der Waals surface area contributed by atoms with Gasteiger partial charge in [-0.1, -0.05) is 12.1 Å². The Morgan fingerprint density at radius 3 is 0.879 bits per heavy atom. The number of hydrogen-bond acceptors (Lipinski definition) is 6. The molecule has 1 radical (unpaired) electrons. The summed E-state index contributed by atoms with van der Waals surface area (Å²) in [4.78, 5) is 8.92. The molecule has 0 spiro atoms. The van der Waals surface area contributed by atoms with Gasteiger partial charge in [0.1, 0.15) is 0 Å². The largest absolute Gasteiger partial charge is 2.00 e. The standard InChI is InChI=1S/2C11H9N5.Co/c2*1-4-10(15-8-2-6-12-15)14-11(5-1)16-9-3-7-13-16;/h2*1-9H;/q;;+2. The summed E-state index contributed by atoms with van der Waals surface area (Å²) in [5, 5.41) is 16.5. The third-order valence-corrected chi connectivity index (χ3v) is 4.40. The normalized spacial score (nSPS) is 10.2. The van der Waals surface area contributed by atoms with Gasteiger partial charge in [0, 0.05) is 49.6 Å². The maximum Gasteiger partial charge on any atom is 2.00 e. The van der Waals surface area contributed by atoms with Gasteiger partial charge < -0.3 is 0 Å². The van der Waals surface area contributed by atoms with Crippen LogP contribution in [0.15, 0.2) is 110 Å². The van der Waals surface area contributed by atoms with Crippen LogP contribution >= 0.6 is 0 Å². The van der Waals surface area contributed by atoms with E-state index in [1.165, 1.54) is 0 Å². The molecule has 0 atom stereocenters. The van der Waals surface area contributed by atoms with Gasteiger partial charge in [0.25, 0.3) is 0 Å². The van der Waals surface area contributed by atoms with Crippen molar-refractivity contribution in [3.63, 3.8) is 0 Å². The Kier molecular flexibility index (Phi) is 6.83. The minimum Gasteiger partial charge on any atom is -0.223 e. The van der Waals surface area contributed by atoms with Crippen LogP contribution in [0.3, 0.4) is 0 Å². The summed E-state index contributed by atoms with van der Waals surface area (Å²) in [7, 11) is 0. The number of nitrogens with zero attached hydrogens (tertiary/aromatic N) is 10. The monoisotopic (exact) mass is 481 g/mol. The van der Waals surface area contributed by atoms with Gasteiger partial charge >= 0.3 is 16.8 Å². The Bertz CT molecular complexity index is 1150. The summed E-state index contributed by atoms with van der Waals surface area (Å²) >= 11 is 0. The molecule has 0 saturated heterocycles. The van der Waals surface area contributed by atoms with Crippen LogP contribution in [-0.2, 0) is 16.8 Å². The number of aromatic nitrogens is 10. The van der Waals surface area contributed by atoms with Gasteiger partial charge in [0.05, 0.1) is 0 Å². The van der Waals surface area contributed by atoms with E-state index in [2.05, 4.69) is 30.4 Å². The Morgan fingerprint density at radius 1 is 0.394 bits per heavy atom. The minimum atomic E-state index is 0. The van der Waals surface area contributed by atoms with Crippen molar-refractivity contribution in [3.8, 4) is 23.3 Å². The molecule has 6 heterocycles. The van der Waals surface area contributed by atoms with E-state index in [1.54, 1.807) is 43.5 Å².